The molecule has 4 atom stereocenters. The van der Waals surface area contributed by atoms with Crippen LogP contribution < -0.4 is 14.8 Å². The Morgan fingerprint density at radius 1 is 0.974 bits per heavy atom. The van der Waals surface area contributed by atoms with Gasteiger partial charge in [0.05, 0.1) is 4.90 Å². The van der Waals surface area contributed by atoms with Gasteiger partial charge in [0.25, 0.3) is 0 Å². The zero-order valence-electron chi connectivity index (χ0n) is 22.6. The molecule has 4 aliphatic heterocycles. The van der Waals surface area contributed by atoms with E-state index >= 15 is 0 Å². The highest BCUT2D eigenvalue weighted by Crippen LogP contribution is 2.45. The van der Waals surface area contributed by atoms with E-state index < -0.39 is 10.0 Å². The lowest BCUT2D eigenvalue weighted by molar-refractivity contribution is -0.0524. The Morgan fingerprint density at radius 3 is 2.64 bits per heavy atom. The Hall–Kier alpha value is -1.84. The average molecular weight is 574 g/mol. The molecule has 0 amide bonds. The van der Waals surface area contributed by atoms with Crippen LogP contribution in [-0.2, 0) is 16.4 Å². The SMILES string of the molecule is O=S(=O)(c1ccc(Cl)cc1)N1C[C@H]2CCCN3CCC[C@@H]([C@H]23)[C@H]1CCCCNCCc1cccc2c1OCO2. The first-order valence-electron chi connectivity index (χ1n) is 14.6. The summed E-state index contributed by atoms with van der Waals surface area (Å²) in [6.45, 7) is 5.07. The molecule has 2 aromatic carbocycles. The molecule has 212 valence electrons. The second kappa shape index (κ2) is 12.0. The molecule has 39 heavy (non-hydrogen) atoms. The lowest BCUT2D eigenvalue weighted by Crippen LogP contribution is -2.65. The third-order valence-corrected chi connectivity index (χ3v) is 11.4. The molecular weight excluding hydrogens is 534 g/mol. The summed E-state index contributed by atoms with van der Waals surface area (Å²) in [6.07, 6.45) is 8.43. The van der Waals surface area contributed by atoms with Crippen LogP contribution in [0.3, 0.4) is 0 Å². The van der Waals surface area contributed by atoms with E-state index in [1.54, 1.807) is 24.3 Å². The standard InChI is InChI=1S/C30H40ClN3O4S/c31-24-11-13-25(14-12-24)39(35,36)34-20-23-7-4-18-33-19-5-8-26(29(23)33)27(34)9-1-2-16-32-17-15-22-6-3-10-28-30(22)38-21-37-28/h3,6,10-14,23,26-27,29,32H,1-2,4-5,7-9,15-21H2/t23-,26-,27-,29+/m1/s1. The van der Waals surface area contributed by atoms with Crippen LogP contribution in [0.15, 0.2) is 47.4 Å². The fourth-order valence-corrected chi connectivity index (χ4v) is 9.35. The number of hydrogen-bond donors (Lipinski definition) is 1. The van der Waals surface area contributed by atoms with E-state index in [1.165, 1.54) is 31.5 Å². The fourth-order valence-electron chi connectivity index (χ4n) is 7.47. The molecule has 0 spiro atoms. The van der Waals surface area contributed by atoms with Crippen LogP contribution in [0.1, 0.15) is 50.5 Å². The van der Waals surface area contributed by atoms with Crippen molar-refractivity contribution in [2.45, 2.75) is 68.3 Å². The summed E-state index contributed by atoms with van der Waals surface area (Å²) in [6, 6.07) is 13.3. The van der Waals surface area contributed by atoms with Crippen molar-refractivity contribution in [3.63, 3.8) is 0 Å². The van der Waals surface area contributed by atoms with Gasteiger partial charge < -0.3 is 14.8 Å². The summed E-state index contributed by atoms with van der Waals surface area (Å²) in [5, 5.41) is 4.13. The van der Waals surface area contributed by atoms with Crippen molar-refractivity contribution in [2.24, 2.45) is 11.8 Å². The van der Waals surface area contributed by atoms with Crippen LogP contribution in [0.5, 0.6) is 11.5 Å². The molecule has 3 saturated heterocycles. The number of para-hydroxylation sites is 1. The lowest BCUT2D eigenvalue weighted by atomic mass is 9.70. The van der Waals surface area contributed by atoms with Crippen LogP contribution in [0.4, 0.5) is 0 Å². The first-order valence-corrected chi connectivity index (χ1v) is 16.4. The summed E-state index contributed by atoms with van der Waals surface area (Å²) in [5.74, 6) is 2.55. The van der Waals surface area contributed by atoms with Crippen LogP contribution in [0.2, 0.25) is 5.02 Å². The highest BCUT2D eigenvalue weighted by molar-refractivity contribution is 7.89. The fraction of sp³-hybridized carbons (Fsp3) is 0.600. The van der Waals surface area contributed by atoms with E-state index in [-0.39, 0.29) is 6.04 Å². The van der Waals surface area contributed by atoms with Crippen molar-refractivity contribution >= 4 is 21.6 Å². The number of unbranched alkanes of at least 4 members (excludes halogenated alkanes) is 1. The highest BCUT2D eigenvalue weighted by atomic mass is 35.5. The third-order valence-electron chi connectivity index (χ3n) is 9.20. The zero-order valence-corrected chi connectivity index (χ0v) is 24.1. The first kappa shape index (κ1) is 27.3. The Morgan fingerprint density at radius 2 is 1.79 bits per heavy atom. The number of nitrogens with one attached hydrogen (secondary N) is 1. The smallest absolute Gasteiger partial charge is 0.243 e. The molecular formula is C30H40ClN3O4S. The largest absolute Gasteiger partial charge is 0.454 e. The summed E-state index contributed by atoms with van der Waals surface area (Å²) >= 11 is 6.09. The average Bonchev–Trinajstić information content (AvgIpc) is 3.44. The van der Waals surface area contributed by atoms with Crippen molar-refractivity contribution in [2.75, 3.05) is 39.5 Å². The van der Waals surface area contributed by atoms with Crippen LogP contribution in [-0.4, -0.2) is 69.2 Å². The normalized spacial score (nSPS) is 26.9. The Labute approximate surface area is 237 Å². The van der Waals surface area contributed by atoms with Gasteiger partial charge in [-0.25, -0.2) is 8.42 Å². The minimum atomic E-state index is -3.58. The highest BCUT2D eigenvalue weighted by Gasteiger charge is 2.51. The van der Waals surface area contributed by atoms with Gasteiger partial charge in [0.1, 0.15) is 0 Å². The number of halogens is 1. The minimum absolute atomic E-state index is 0.0527. The maximum absolute atomic E-state index is 14.0. The van der Waals surface area contributed by atoms with Gasteiger partial charge in [0.2, 0.25) is 16.8 Å². The van der Waals surface area contributed by atoms with Crippen LogP contribution >= 0.6 is 11.6 Å². The molecule has 3 fully saturated rings. The molecule has 0 aromatic heterocycles. The number of benzene rings is 2. The third kappa shape index (κ3) is 5.68. The van der Waals surface area contributed by atoms with E-state index in [4.69, 9.17) is 21.1 Å². The maximum Gasteiger partial charge on any atom is 0.243 e. The molecule has 4 aliphatic rings. The number of nitrogens with zero attached hydrogens (tertiary/aromatic N) is 2. The molecule has 0 saturated carbocycles. The predicted octanol–water partition coefficient (Wildman–Crippen LogP) is 4.93. The molecule has 6 rings (SSSR count). The van der Waals surface area contributed by atoms with Gasteiger partial charge in [0.15, 0.2) is 11.5 Å². The molecule has 0 bridgehead atoms. The number of fused-ring (bicyclic) bond motifs is 1. The Balaban J connectivity index is 1.09. The van der Waals surface area contributed by atoms with E-state index in [2.05, 4.69) is 16.3 Å². The van der Waals surface area contributed by atoms with Crippen LogP contribution in [0.25, 0.3) is 0 Å². The van der Waals surface area contributed by atoms with Gasteiger partial charge >= 0.3 is 0 Å². The molecule has 0 unspecified atom stereocenters. The van der Waals surface area contributed by atoms with Gasteiger partial charge in [-0.15, -0.1) is 0 Å². The summed E-state index contributed by atoms with van der Waals surface area (Å²) in [5.41, 5.74) is 1.17. The molecule has 0 aliphatic carbocycles. The number of rotatable bonds is 10. The van der Waals surface area contributed by atoms with Crippen LogP contribution in [0, 0.1) is 11.8 Å². The van der Waals surface area contributed by atoms with Gasteiger partial charge in [-0.1, -0.05) is 30.2 Å². The van der Waals surface area contributed by atoms with Gasteiger partial charge in [0, 0.05) is 23.7 Å². The van der Waals surface area contributed by atoms with Crippen molar-refractivity contribution in [3.05, 3.63) is 53.1 Å². The summed E-state index contributed by atoms with van der Waals surface area (Å²) < 4.78 is 40.9. The molecule has 4 heterocycles. The zero-order chi connectivity index (χ0) is 26.8. The second-order valence-electron chi connectivity index (χ2n) is 11.5. The second-order valence-corrected chi connectivity index (χ2v) is 13.8. The lowest BCUT2D eigenvalue weighted by Gasteiger charge is -2.57. The molecule has 2 aromatic rings. The van der Waals surface area contributed by atoms with E-state index in [0.717, 1.165) is 63.1 Å². The quantitative estimate of drug-likeness (QED) is 0.406. The van der Waals surface area contributed by atoms with E-state index in [0.29, 0.717) is 41.1 Å². The number of piperidine rings is 3. The van der Waals surface area contributed by atoms with Crippen molar-refractivity contribution in [1.82, 2.24) is 14.5 Å². The van der Waals surface area contributed by atoms with Gasteiger partial charge in [-0.3, -0.25) is 4.90 Å². The first-order chi connectivity index (χ1) is 19.0. The minimum Gasteiger partial charge on any atom is -0.454 e. The van der Waals surface area contributed by atoms with E-state index in [9.17, 15) is 8.42 Å². The molecule has 0 radical (unpaired) electrons. The summed E-state index contributed by atoms with van der Waals surface area (Å²) in [4.78, 5) is 3.04. The van der Waals surface area contributed by atoms with Crippen molar-refractivity contribution in [1.29, 1.82) is 0 Å². The maximum atomic E-state index is 14.0. The Kier molecular flexibility index (Phi) is 8.38. The molecule has 1 N–H and O–H groups in total. The number of ether oxygens (including phenoxy) is 2. The number of sulfonamides is 1. The summed E-state index contributed by atoms with van der Waals surface area (Å²) in [7, 11) is -3.58. The number of hydrogen-bond acceptors (Lipinski definition) is 6. The van der Waals surface area contributed by atoms with Crippen molar-refractivity contribution < 1.29 is 17.9 Å². The Bertz CT molecular complexity index is 1240. The van der Waals surface area contributed by atoms with E-state index in [1.807, 2.05) is 16.4 Å². The molecule has 7 nitrogen and oxygen atoms in total. The monoisotopic (exact) mass is 573 g/mol. The topological polar surface area (TPSA) is 71.1 Å². The molecule has 9 heteroatoms. The van der Waals surface area contributed by atoms with Crippen molar-refractivity contribution in [3.8, 4) is 11.5 Å². The van der Waals surface area contributed by atoms with Gasteiger partial charge in [-0.05, 0) is 119 Å². The predicted molar refractivity (Wildman–Crippen MR) is 153 cm³/mol. The van der Waals surface area contributed by atoms with Gasteiger partial charge in [-0.2, -0.15) is 4.31 Å².